The Bertz CT molecular complexity index is 823. The second kappa shape index (κ2) is 7.53. The average molecular weight is 356 g/mol. The molecule has 5 heteroatoms. The summed E-state index contributed by atoms with van der Waals surface area (Å²) in [7, 11) is 0. The molecular formula is C20H18ClNO3. The first-order valence-corrected chi connectivity index (χ1v) is 8.41. The SMILES string of the molecule is CCOC(=O)/C=C1/OC(c2ccc(Cl)cc2)=NC1c1ccc(C)cc1. The first-order valence-electron chi connectivity index (χ1n) is 8.03. The number of aliphatic imine (C=N–C) groups is 1. The summed E-state index contributed by atoms with van der Waals surface area (Å²) >= 11 is 5.94. The maximum Gasteiger partial charge on any atom is 0.334 e. The fourth-order valence-corrected chi connectivity index (χ4v) is 2.62. The molecule has 4 nitrogen and oxygen atoms in total. The van der Waals surface area contributed by atoms with Crippen LogP contribution in [-0.4, -0.2) is 18.5 Å². The zero-order valence-electron chi connectivity index (χ0n) is 14.0. The number of carbonyl (C=O) groups excluding carboxylic acids is 1. The minimum Gasteiger partial charge on any atom is -0.463 e. The van der Waals surface area contributed by atoms with E-state index in [-0.39, 0.29) is 6.04 Å². The third-order valence-electron chi connectivity index (χ3n) is 3.76. The molecule has 1 aliphatic rings. The zero-order valence-corrected chi connectivity index (χ0v) is 14.8. The quantitative estimate of drug-likeness (QED) is 0.594. The number of benzene rings is 2. The van der Waals surface area contributed by atoms with Crippen molar-refractivity contribution in [2.75, 3.05) is 6.61 Å². The lowest BCUT2D eigenvalue weighted by atomic mass is 10.0. The molecule has 1 heterocycles. The third kappa shape index (κ3) is 4.09. The highest BCUT2D eigenvalue weighted by atomic mass is 35.5. The van der Waals surface area contributed by atoms with E-state index in [0.29, 0.717) is 23.3 Å². The molecule has 2 aromatic carbocycles. The molecule has 1 aliphatic heterocycles. The second-order valence-electron chi connectivity index (χ2n) is 5.66. The number of esters is 1. The molecule has 0 fully saturated rings. The van der Waals surface area contributed by atoms with Crippen molar-refractivity contribution < 1.29 is 14.3 Å². The molecule has 2 aromatic rings. The Morgan fingerprint density at radius 3 is 2.52 bits per heavy atom. The minimum atomic E-state index is -0.442. The van der Waals surface area contributed by atoms with E-state index in [9.17, 15) is 4.79 Å². The smallest absolute Gasteiger partial charge is 0.334 e. The summed E-state index contributed by atoms with van der Waals surface area (Å²) < 4.78 is 10.9. The predicted octanol–water partition coefficient (Wildman–Crippen LogP) is 4.61. The van der Waals surface area contributed by atoms with Gasteiger partial charge in [-0.05, 0) is 43.7 Å². The lowest BCUT2D eigenvalue weighted by molar-refractivity contribution is -0.137. The van der Waals surface area contributed by atoms with Gasteiger partial charge in [-0.1, -0.05) is 41.4 Å². The van der Waals surface area contributed by atoms with Crippen molar-refractivity contribution in [1.29, 1.82) is 0 Å². The Kier molecular flexibility index (Phi) is 5.19. The number of hydrogen-bond acceptors (Lipinski definition) is 4. The van der Waals surface area contributed by atoms with Crippen molar-refractivity contribution in [3.05, 3.63) is 82.1 Å². The van der Waals surface area contributed by atoms with Crippen LogP contribution >= 0.6 is 11.6 Å². The second-order valence-corrected chi connectivity index (χ2v) is 6.09. The van der Waals surface area contributed by atoms with Crippen LogP contribution in [0.25, 0.3) is 0 Å². The molecule has 0 amide bonds. The standard InChI is InChI=1S/C20H18ClNO3/c1-3-24-18(23)12-17-19(14-6-4-13(2)5-7-14)22-20(25-17)15-8-10-16(21)11-9-15/h4-12,19H,3H2,1-2H3/b17-12+. The van der Waals surface area contributed by atoms with Crippen LogP contribution in [0.2, 0.25) is 5.02 Å². The Labute approximate surface area is 151 Å². The summed E-state index contributed by atoms with van der Waals surface area (Å²) in [6.07, 6.45) is 1.36. The van der Waals surface area contributed by atoms with Gasteiger partial charge in [-0.15, -0.1) is 0 Å². The third-order valence-corrected chi connectivity index (χ3v) is 4.01. The van der Waals surface area contributed by atoms with E-state index in [4.69, 9.17) is 21.1 Å². The Morgan fingerprint density at radius 2 is 1.88 bits per heavy atom. The fraction of sp³-hybridized carbons (Fsp3) is 0.200. The molecular weight excluding hydrogens is 338 g/mol. The number of rotatable bonds is 4. The highest BCUT2D eigenvalue weighted by Gasteiger charge is 2.28. The van der Waals surface area contributed by atoms with Crippen LogP contribution < -0.4 is 0 Å². The molecule has 0 aliphatic carbocycles. The van der Waals surface area contributed by atoms with Gasteiger partial charge >= 0.3 is 5.97 Å². The average Bonchev–Trinajstić information content (AvgIpc) is 3.00. The minimum absolute atomic E-state index is 0.308. The lowest BCUT2D eigenvalue weighted by Crippen LogP contribution is -2.06. The van der Waals surface area contributed by atoms with Gasteiger partial charge in [-0.25, -0.2) is 9.79 Å². The molecule has 25 heavy (non-hydrogen) atoms. The molecule has 0 aromatic heterocycles. The van der Waals surface area contributed by atoms with Crippen LogP contribution in [0.1, 0.15) is 29.7 Å². The normalized spacial score (nSPS) is 18.0. The molecule has 0 spiro atoms. The summed E-state index contributed by atoms with van der Waals surface area (Å²) in [6, 6.07) is 14.8. The van der Waals surface area contributed by atoms with Crippen molar-refractivity contribution >= 4 is 23.5 Å². The molecule has 0 bridgehead atoms. The van der Waals surface area contributed by atoms with Crippen LogP contribution in [0.5, 0.6) is 0 Å². The summed E-state index contributed by atoms with van der Waals surface area (Å²) in [5.74, 6) is 0.465. The first kappa shape index (κ1) is 17.2. The van der Waals surface area contributed by atoms with Crippen LogP contribution in [0.15, 0.2) is 65.4 Å². The van der Waals surface area contributed by atoms with Gasteiger partial charge in [-0.2, -0.15) is 0 Å². The zero-order chi connectivity index (χ0) is 17.8. The van der Waals surface area contributed by atoms with Crippen molar-refractivity contribution in [2.24, 2.45) is 4.99 Å². The number of ether oxygens (including phenoxy) is 2. The van der Waals surface area contributed by atoms with E-state index in [1.807, 2.05) is 43.3 Å². The topological polar surface area (TPSA) is 47.9 Å². The Morgan fingerprint density at radius 1 is 1.20 bits per heavy atom. The number of hydrogen-bond donors (Lipinski definition) is 0. The largest absolute Gasteiger partial charge is 0.463 e. The highest BCUT2D eigenvalue weighted by Crippen LogP contribution is 2.34. The molecule has 0 N–H and O–H groups in total. The fourth-order valence-electron chi connectivity index (χ4n) is 2.50. The number of aryl methyl sites for hydroxylation is 1. The lowest BCUT2D eigenvalue weighted by Gasteiger charge is -2.09. The molecule has 0 saturated heterocycles. The van der Waals surface area contributed by atoms with E-state index >= 15 is 0 Å². The molecule has 0 saturated carbocycles. The summed E-state index contributed by atoms with van der Waals surface area (Å²) in [5.41, 5.74) is 2.90. The van der Waals surface area contributed by atoms with Crippen molar-refractivity contribution in [2.45, 2.75) is 19.9 Å². The van der Waals surface area contributed by atoms with Gasteiger partial charge in [0.15, 0.2) is 0 Å². The van der Waals surface area contributed by atoms with E-state index in [1.165, 1.54) is 6.08 Å². The van der Waals surface area contributed by atoms with Crippen LogP contribution in [0.4, 0.5) is 0 Å². The van der Waals surface area contributed by atoms with Gasteiger partial charge in [0.25, 0.3) is 0 Å². The molecule has 3 rings (SSSR count). The summed E-state index contributed by atoms with van der Waals surface area (Å²) in [4.78, 5) is 16.5. The molecule has 0 radical (unpaired) electrons. The van der Waals surface area contributed by atoms with Crippen molar-refractivity contribution in [3.63, 3.8) is 0 Å². The number of carbonyl (C=O) groups is 1. The number of halogens is 1. The first-order chi connectivity index (χ1) is 12.1. The van der Waals surface area contributed by atoms with E-state index in [1.54, 1.807) is 19.1 Å². The van der Waals surface area contributed by atoms with Crippen molar-refractivity contribution in [3.8, 4) is 0 Å². The van der Waals surface area contributed by atoms with Gasteiger partial charge in [-0.3, -0.25) is 0 Å². The maximum absolute atomic E-state index is 11.9. The van der Waals surface area contributed by atoms with Gasteiger partial charge in [0.1, 0.15) is 11.8 Å². The molecule has 1 atom stereocenters. The summed E-state index contributed by atoms with van der Waals surface area (Å²) in [5, 5.41) is 0.639. The molecule has 1 unspecified atom stereocenters. The van der Waals surface area contributed by atoms with Crippen LogP contribution in [-0.2, 0) is 14.3 Å². The van der Waals surface area contributed by atoms with Gasteiger partial charge < -0.3 is 9.47 Å². The Balaban J connectivity index is 1.96. The molecule has 128 valence electrons. The monoisotopic (exact) mass is 355 g/mol. The van der Waals surface area contributed by atoms with E-state index in [0.717, 1.165) is 16.7 Å². The highest BCUT2D eigenvalue weighted by molar-refractivity contribution is 6.30. The summed E-state index contributed by atoms with van der Waals surface area (Å²) in [6.45, 7) is 4.09. The van der Waals surface area contributed by atoms with Gasteiger partial charge in [0.2, 0.25) is 5.90 Å². The van der Waals surface area contributed by atoms with Crippen LogP contribution in [0, 0.1) is 6.92 Å². The van der Waals surface area contributed by atoms with Crippen LogP contribution in [0.3, 0.4) is 0 Å². The van der Waals surface area contributed by atoms with Gasteiger partial charge in [0.05, 0.1) is 12.7 Å². The van der Waals surface area contributed by atoms with Gasteiger partial charge in [0, 0.05) is 10.6 Å². The maximum atomic E-state index is 11.9. The van der Waals surface area contributed by atoms with E-state index < -0.39 is 5.97 Å². The number of nitrogens with zero attached hydrogens (tertiary/aromatic N) is 1. The predicted molar refractivity (Wildman–Crippen MR) is 97.7 cm³/mol. The van der Waals surface area contributed by atoms with Crippen molar-refractivity contribution in [1.82, 2.24) is 0 Å². The van der Waals surface area contributed by atoms with E-state index in [2.05, 4.69) is 4.99 Å². The Hall–Kier alpha value is -2.59.